The van der Waals surface area contributed by atoms with E-state index < -0.39 is 28.5 Å². The number of nitro groups is 1. The zero-order valence-electron chi connectivity index (χ0n) is 9.79. The highest BCUT2D eigenvalue weighted by Gasteiger charge is 2.25. The Morgan fingerprint density at radius 1 is 1.63 bits per heavy atom. The molecule has 1 aromatic heterocycles. The second-order valence-corrected chi connectivity index (χ2v) is 3.94. The number of hydrogen-bond donors (Lipinski definition) is 2. The maximum atomic E-state index is 11.8. The average molecular weight is 288 g/mol. The van der Waals surface area contributed by atoms with Crippen LogP contribution in [0.15, 0.2) is 12.3 Å². The number of carbonyl (C=O) groups is 2. The fourth-order valence-corrected chi connectivity index (χ4v) is 1.48. The first kappa shape index (κ1) is 14.8. The number of carbonyl (C=O) groups excluding carboxylic acids is 1. The molecule has 0 aromatic carbocycles. The second-order valence-electron chi connectivity index (χ2n) is 3.55. The van der Waals surface area contributed by atoms with Crippen LogP contribution in [-0.2, 0) is 4.79 Å². The molecule has 1 heterocycles. The predicted octanol–water partition coefficient (Wildman–Crippen LogP) is 1.24. The van der Waals surface area contributed by atoms with Crippen LogP contribution in [0, 0.1) is 10.1 Å². The quantitative estimate of drug-likeness (QED) is 0.477. The lowest BCUT2D eigenvalue weighted by atomic mass is 10.1. The molecule has 1 rings (SSSR count). The van der Waals surface area contributed by atoms with Crippen molar-refractivity contribution in [2.75, 3.05) is 0 Å². The number of carboxylic acids is 1. The van der Waals surface area contributed by atoms with E-state index in [2.05, 4.69) is 10.3 Å². The van der Waals surface area contributed by atoms with Crippen LogP contribution in [0.25, 0.3) is 0 Å². The molecule has 0 aliphatic rings. The van der Waals surface area contributed by atoms with Crippen LogP contribution >= 0.6 is 11.6 Å². The summed E-state index contributed by atoms with van der Waals surface area (Å²) in [6.07, 6.45) is 0.993. The molecular weight excluding hydrogens is 278 g/mol. The van der Waals surface area contributed by atoms with Gasteiger partial charge in [-0.2, -0.15) is 0 Å². The molecule has 0 aliphatic heterocycles. The molecule has 8 nitrogen and oxygen atoms in total. The van der Waals surface area contributed by atoms with Crippen molar-refractivity contribution in [3.05, 3.63) is 33.1 Å². The number of amides is 1. The summed E-state index contributed by atoms with van der Waals surface area (Å²) in [5, 5.41) is 21.6. The Morgan fingerprint density at radius 3 is 2.74 bits per heavy atom. The number of rotatable bonds is 5. The zero-order valence-corrected chi connectivity index (χ0v) is 10.5. The van der Waals surface area contributed by atoms with Gasteiger partial charge in [0.05, 0.1) is 4.92 Å². The van der Waals surface area contributed by atoms with Gasteiger partial charge in [-0.3, -0.25) is 14.9 Å². The molecular formula is C10H10ClN3O5. The van der Waals surface area contributed by atoms with Gasteiger partial charge in [0.2, 0.25) is 0 Å². The van der Waals surface area contributed by atoms with Gasteiger partial charge in [-0.1, -0.05) is 18.5 Å². The first-order valence-corrected chi connectivity index (χ1v) is 5.58. The van der Waals surface area contributed by atoms with Crippen molar-refractivity contribution in [2.45, 2.75) is 19.4 Å². The SMILES string of the molecule is CCC(NC(=O)c1cc(Cl)ncc1[N+](=O)[O-])C(=O)O. The first-order chi connectivity index (χ1) is 8.86. The molecule has 1 aromatic rings. The lowest BCUT2D eigenvalue weighted by molar-refractivity contribution is -0.385. The van der Waals surface area contributed by atoms with E-state index in [1.165, 1.54) is 0 Å². The smallest absolute Gasteiger partial charge is 0.326 e. The third-order valence-electron chi connectivity index (χ3n) is 2.30. The van der Waals surface area contributed by atoms with Gasteiger partial charge in [0.15, 0.2) is 0 Å². The number of pyridine rings is 1. The van der Waals surface area contributed by atoms with E-state index in [-0.39, 0.29) is 17.1 Å². The van der Waals surface area contributed by atoms with E-state index in [1.807, 2.05) is 0 Å². The number of hydrogen-bond acceptors (Lipinski definition) is 5. The van der Waals surface area contributed by atoms with Crippen LogP contribution in [0.5, 0.6) is 0 Å². The third kappa shape index (κ3) is 3.62. The summed E-state index contributed by atoms with van der Waals surface area (Å²) in [7, 11) is 0. The molecule has 1 atom stereocenters. The van der Waals surface area contributed by atoms with Crippen molar-refractivity contribution in [2.24, 2.45) is 0 Å². The van der Waals surface area contributed by atoms with E-state index in [0.717, 1.165) is 12.3 Å². The highest BCUT2D eigenvalue weighted by Crippen LogP contribution is 2.20. The van der Waals surface area contributed by atoms with Crippen molar-refractivity contribution in [1.29, 1.82) is 0 Å². The summed E-state index contributed by atoms with van der Waals surface area (Å²) in [5.74, 6) is -2.11. The van der Waals surface area contributed by atoms with Gasteiger partial charge >= 0.3 is 5.97 Å². The molecule has 0 aliphatic carbocycles. The van der Waals surface area contributed by atoms with Gasteiger partial charge in [-0.05, 0) is 12.5 Å². The topological polar surface area (TPSA) is 122 Å². The average Bonchev–Trinajstić information content (AvgIpc) is 2.34. The van der Waals surface area contributed by atoms with E-state index in [0.29, 0.717) is 0 Å². The molecule has 1 amide bonds. The Hall–Kier alpha value is -2.22. The minimum atomic E-state index is -1.22. The molecule has 0 bridgehead atoms. The van der Waals surface area contributed by atoms with E-state index in [4.69, 9.17) is 16.7 Å². The fourth-order valence-electron chi connectivity index (χ4n) is 1.32. The highest BCUT2D eigenvalue weighted by atomic mass is 35.5. The summed E-state index contributed by atoms with van der Waals surface area (Å²) in [4.78, 5) is 36.1. The van der Waals surface area contributed by atoms with Gasteiger partial charge < -0.3 is 10.4 Å². The highest BCUT2D eigenvalue weighted by molar-refractivity contribution is 6.29. The van der Waals surface area contributed by atoms with Crippen LogP contribution < -0.4 is 5.32 Å². The van der Waals surface area contributed by atoms with Crippen molar-refractivity contribution in [1.82, 2.24) is 10.3 Å². The molecule has 102 valence electrons. The minimum Gasteiger partial charge on any atom is -0.480 e. The Bertz CT molecular complexity index is 534. The summed E-state index contributed by atoms with van der Waals surface area (Å²) >= 11 is 5.57. The summed E-state index contributed by atoms with van der Waals surface area (Å²) in [6, 6.07) is -0.108. The second kappa shape index (κ2) is 6.10. The largest absolute Gasteiger partial charge is 0.480 e. The molecule has 0 saturated carbocycles. The molecule has 0 fully saturated rings. The molecule has 9 heteroatoms. The van der Waals surface area contributed by atoms with Crippen molar-refractivity contribution >= 4 is 29.2 Å². The van der Waals surface area contributed by atoms with E-state index in [1.54, 1.807) is 6.92 Å². The normalized spacial score (nSPS) is 11.7. The number of aromatic nitrogens is 1. The van der Waals surface area contributed by atoms with Crippen LogP contribution in [0.4, 0.5) is 5.69 Å². The number of aliphatic carboxylic acids is 1. The monoisotopic (exact) mass is 287 g/mol. The van der Waals surface area contributed by atoms with Gasteiger partial charge in [-0.25, -0.2) is 9.78 Å². The number of nitrogens with one attached hydrogen (secondary N) is 1. The number of carboxylic acid groups (broad SMARTS) is 1. The number of halogens is 1. The van der Waals surface area contributed by atoms with Gasteiger partial charge in [-0.15, -0.1) is 0 Å². The molecule has 2 N–H and O–H groups in total. The molecule has 0 radical (unpaired) electrons. The summed E-state index contributed by atoms with van der Waals surface area (Å²) < 4.78 is 0. The van der Waals surface area contributed by atoms with Crippen molar-refractivity contribution in [3.8, 4) is 0 Å². The Labute approximate surface area is 112 Å². The maximum Gasteiger partial charge on any atom is 0.326 e. The summed E-state index contributed by atoms with van der Waals surface area (Å²) in [5.41, 5.74) is -0.869. The molecule has 1 unspecified atom stereocenters. The van der Waals surface area contributed by atoms with Crippen molar-refractivity contribution < 1.29 is 19.6 Å². The van der Waals surface area contributed by atoms with E-state index in [9.17, 15) is 19.7 Å². The minimum absolute atomic E-state index is 0.0980. The lowest BCUT2D eigenvalue weighted by Gasteiger charge is -2.12. The molecule has 19 heavy (non-hydrogen) atoms. The van der Waals surface area contributed by atoms with Crippen LogP contribution in [0.1, 0.15) is 23.7 Å². The van der Waals surface area contributed by atoms with Crippen molar-refractivity contribution in [3.63, 3.8) is 0 Å². The van der Waals surface area contributed by atoms with Crippen LogP contribution in [0.3, 0.4) is 0 Å². The van der Waals surface area contributed by atoms with Gasteiger partial charge in [0, 0.05) is 0 Å². The standard InChI is InChI=1S/C10H10ClN3O5/c1-2-6(10(16)17)13-9(15)5-3-8(11)12-4-7(5)14(18)19/h3-4,6H,2H2,1H3,(H,13,15)(H,16,17). The van der Waals surface area contributed by atoms with Gasteiger partial charge in [0.25, 0.3) is 11.6 Å². The lowest BCUT2D eigenvalue weighted by Crippen LogP contribution is -2.40. The predicted molar refractivity (Wildman–Crippen MR) is 65.1 cm³/mol. The first-order valence-electron chi connectivity index (χ1n) is 5.20. The maximum absolute atomic E-state index is 11.8. The Balaban J connectivity index is 3.08. The summed E-state index contributed by atoms with van der Waals surface area (Å²) in [6.45, 7) is 1.56. The van der Waals surface area contributed by atoms with Crippen LogP contribution in [0.2, 0.25) is 5.15 Å². The number of nitrogens with zero attached hydrogens (tertiary/aromatic N) is 2. The molecule has 0 saturated heterocycles. The van der Waals surface area contributed by atoms with E-state index >= 15 is 0 Å². The molecule has 0 spiro atoms. The van der Waals surface area contributed by atoms with Crippen LogP contribution in [-0.4, -0.2) is 32.9 Å². The fraction of sp³-hybridized carbons (Fsp3) is 0.300. The Kier molecular flexibility index (Phi) is 4.76. The third-order valence-corrected chi connectivity index (χ3v) is 2.51. The van der Waals surface area contributed by atoms with Gasteiger partial charge in [0.1, 0.15) is 23.0 Å². The zero-order chi connectivity index (χ0) is 14.6. The Morgan fingerprint density at radius 2 is 2.26 bits per heavy atom.